The van der Waals surface area contributed by atoms with Crippen LogP contribution in [0.25, 0.3) is 0 Å². The molecule has 1 atom stereocenters. The molecular formula is C17H27IN6O. The lowest BCUT2D eigenvalue weighted by molar-refractivity contribution is 0.185. The molecular weight excluding hydrogens is 431 g/mol. The second-order valence-corrected chi connectivity index (χ2v) is 5.87. The summed E-state index contributed by atoms with van der Waals surface area (Å²) in [5.41, 5.74) is 9.11. The number of anilines is 1. The zero-order valence-corrected chi connectivity index (χ0v) is 17.5. The molecule has 25 heavy (non-hydrogen) atoms. The minimum absolute atomic E-state index is 0. The van der Waals surface area contributed by atoms with E-state index in [0.717, 1.165) is 16.8 Å². The van der Waals surface area contributed by atoms with Gasteiger partial charge in [-0.05, 0) is 20.2 Å². The van der Waals surface area contributed by atoms with Crippen LogP contribution in [0.4, 0.5) is 5.69 Å². The van der Waals surface area contributed by atoms with Crippen LogP contribution in [0, 0.1) is 0 Å². The van der Waals surface area contributed by atoms with Crippen molar-refractivity contribution in [3.05, 3.63) is 47.8 Å². The van der Waals surface area contributed by atoms with Crippen LogP contribution in [0.2, 0.25) is 0 Å². The molecule has 0 aliphatic rings. The highest BCUT2D eigenvalue weighted by atomic mass is 127. The summed E-state index contributed by atoms with van der Waals surface area (Å²) in [6.45, 7) is 1.07. The maximum atomic E-state index is 6.06. The maximum Gasteiger partial charge on any atom is 0.193 e. The number of benzene rings is 1. The number of halogens is 1. The average Bonchev–Trinajstić information content (AvgIpc) is 2.95. The van der Waals surface area contributed by atoms with Crippen LogP contribution in [-0.2, 0) is 18.4 Å². The number of hydrogen-bond donors (Lipinski definition) is 2. The first kappa shape index (κ1) is 21.4. The summed E-state index contributed by atoms with van der Waals surface area (Å²) in [4.78, 5) is 6.60. The standard InChI is InChI=1S/C17H26N6O.HI/c1-22(2)16(14-9-20-23(3)11-14)10-19-17(18)21-15-8-6-5-7-13(15)12-24-4;/h5-9,11,16H,10,12H2,1-4H3,(H3,18,19,21);1H. The molecule has 3 N–H and O–H groups in total. The molecule has 2 aromatic rings. The lowest BCUT2D eigenvalue weighted by atomic mass is 10.1. The number of hydrogen-bond acceptors (Lipinski definition) is 4. The van der Waals surface area contributed by atoms with Crippen molar-refractivity contribution in [1.82, 2.24) is 14.7 Å². The molecule has 0 aliphatic heterocycles. The molecule has 1 heterocycles. The highest BCUT2D eigenvalue weighted by Crippen LogP contribution is 2.18. The second kappa shape index (κ2) is 10.4. The Labute approximate surface area is 166 Å². The summed E-state index contributed by atoms with van der Waals surface area (Å²) in [5.74, 6) is 0.384. The zero-order valence-electron chi connectivity index (χ0n) is 15.1. The zero-order chi connectivity index (χ0) is 17.5. The van der Waals surface area contributed by atoms with Gasteiger partial charge in [-0.2, -0.15) is 5.10 Å². The molecule has 0 aliphatic carbocycles. The number of guanidine groups is 1. The van der Waals surface area contributed by atoms with E-state index >= 15 is 0 Å². The quantitative estimate of drug-likeness (QED) is 0.378. The van der Waals surface area contributed by atoms with Crippen molar-refractivity contribution >= 4 is 35.6 Å². The fraction of sp³-hybridized carbons (Fsp3) is 0.412. The Hall–Kier alpha value is -1.65. The molecule has 0 bridgehead atoms. The lowest BCUT2D eigenvalue weighted by Crippen LogP contribution is -2.27. The monoisotopic (exact) mass is 458 g/mol. The normalized spacial score (nSPS) is 12.8. The number of aryl methyl sites for hydroxylation is 1. The van der Waals surface area contributed by atoms with Crippen LogP contribution in [0.3, 0.4) is 0 Å². The predicted molar refractivity (Wildman–Crippen MR) is 112 cm³/mol. The number of nitrogens with zero attached hydrogens (tertiary/aromatic N) is 4. The minimum atomic E-state index is 0. The van der Waals surface area contributed by atoms with E-state index in [1.165, 1.54) is 0 Å². The summed E-state index contributed by atoms with van der Waals surface area (Å²) < 4.78 is 6.99. The van der Waals surface area contributed by atoms with Gasteiger partial charge < -0.3 is 20.7 Å². The summed E-state index contributed by atoms with van der Waals surface area (Å²) in [7, 11) is 7.61. The summed E-state index contributed by atoms with van der Waals surface area (Å²) in [6, 6.07) is 8.00. The Morgan fingerprint density at radius 3 is 2.72 bits per heavy atom. The molecule has 1 aromatic carbocycles. The molecule has 7 nitrogen and oxygen atoms in total. The van der Waals surface area contributed by atoms with E-state index in [2.05, 4.69) is 20.3 Å². The van der Waals surface area contributed by atoms with Gasteiger partial charge in [0.05, 0.1) is 25.4 Å². The molecule has 1 unspecified atom stereocenters. The van der Waals surface area contributed by atoms with Crippen molar-refractivity contribution in [2.45, 2.75) is 12.6 Å². The molecule has 0 saturated carbocycles. The fourth-order valence-corrected chi connectivity index (χ4v) is 2.47. The first-order valence-electron chi connectivity index (χ1n) is 7.80. The molecule has 0 fully saturated rings. The van der Waals surface area contributed by atoms with Crippen molar-refractivity contribution in [3.8, 4) is 0 Å². The van der Waals surface area contributed by atoms with Gasteiger partial charge in [-0.25, -0.2) is 0 Å². The number of likely N-dealkylation sites (N-methyl/N-ethyl adjacent to an activating group) is 1. The number of aliphatic imine (C=N–C) groups is 1. The molecule has 1 aromatic heterocycles. The van der Waals surface area contributed by atoms with E-state index < -0.39 is 0 Å². The van der Waals surface area contributed by atoms with Crippen molar-refractivity contribution < 1.29 is 4.74 Å². The SMILES string of the molecule is COCc1ccccc1NC(N)=NCC(c1cnn(C)c1)N(C)C.I. The molecule has 0 spiro atoms. The molecule has 2 rings (SSSR count). The van der Waals surface area contributed by atoms with Gasteiger partial charge in [-0.1, -0.05) is 18.2 Å². The third-order valence-corrected chi connectivity index (χ3v) is 3.75. The fourth-order valence-electron chi connectivity index (χ4n) is 2.47. The second-order valence-electron chi connectivity index (χ2n) is 5.87. The molecule has 0 amide bonds. The number of aromatic nitrogens is 2. The number of methoxy groups -OCH3 is 1. The van der Waals surface area contributed by atoms with E-state index in [-0.39, 0.29) is 30.0 Å². The van der Waals surface area contributed by atoms with Crippen LogP contribution < -0.4 is 11.1 Å². The summed E-state index contributed by atoms with van der Waals surface area (Å²) >= 11 is 0. The van der Waals surface area contributed by atoms with Gasteiger partial charge in [0.15, 0.2) is 5.96 Å². The first-order valence-corrected chi connectivity index (χ1v) is 7.80. The van der Waals surface area contributed by atoms with Crippen molar-refractivity contribution in [2.75, 3.05) is 33.1 Å². The number of ether oxygens (including phenoxy) is 1. The summed E-state index contributed by atoms with van der Waals surface area (Å²) in [5, 5.41) is 7.38. The van der Waals surface area contributed by atoms with Gasteiger partial charge in [0.25, 0.3) is 0 Å². The predicted octanol–water partition coefficient (Wildman–Crippen LogP) is 2.21. The van der Waals surface area contributed by atoms with E-state index in [1.807, 2.05) is 57.8 Å². The van der Waals surface area contributed by atoms with Gasteiger partial charge in [0.2, 0.25) is 0 Å². The average molecular weight is 458 g/mol. The van der Waals surface area contributed by atoms with E-state index in [4.69, 9.17) is 10.5 Å². The Morgan fingerprint density at radius 1 is 1.40 bits per heavy atom. The van der Waals surface area contributed by atoms with Crippen molar-refractivity contribution in [3.63, 3.8) is 0 Å². The Kier molecular flexibility index (Phi) is 8.87. The number of nitrogens with two attached hydrogens (primary N) is 1. The molecule has 138 valence electrons. The Balaban J connectivity index is 0.00000312. The van der Waals surface area contributed by atoms with Gasteiger partial charge in [-0.3, -0.25) is 9.67 Å². The van der Waals surface area contributed by atoms with Crippen LogP contribution in [-0.4, -0.2) is 48.4 Å². The van der Waals surface area contributed by atoms with Gasteiger partial charge >= 0.3 is 0 Å². The highest BCUT2D eigenvalue weighted by molar-refractivity contribution is 14.0. The van der Waals surface area contributed by atoms with E-state index in [9.17, 15) is 0 Å². The van der Waals surface area contributed by atoms with E-state index in [1.54, 1.807) is 11.8 Å². The van der Waals surface area contributed by atoms with Gasteiger partial charge in [0, 0.05) is 37.2 Å². The van der Waals surface area contributed by atoms with Gasteiger partial charge in [-0.15, -0.1) is 24.0 Å². The minimum Gasteiger partial charge on any atom is -0.380 e. The van der Waals surface area contributed by atoms with Crippen LogP contribution >= 0.6 is 24.0 Å². The number of rotatable bonds is 7. The van der Waals surface area contributed by atoms with E-state index in [0.29, 0.717) is 19.1 Å². The third-order valence-electron chi connectivity index (χ3n) is 3.75. The van der Waals surface area contributed by atoms with Gasteiger partial charge in [0.1, 0.15) is 0 Å². The number of nitrogens with one attached hydrogen (secondary N) is 1. The lowest BCUT2D eigenvalue weighted by Gasteiger charge is -2.21. The van der Waals surface area contributed by atoms with Crippen LogP contribution in [0.5, 0.6) is 0 Å². The summed E-state index contributed by atoms with van der Waals surface area (Å²) in [6.07, 6.45) is 3.86. The topological polar surface area (TPSA) is 80.7 Å². The van der Waals surface area contributed by atoms with Crippen molar-refractivity contribution in [2.24, 2.45) is 17.8 Å². The first-order chi connectivity index (χ1) is 11.5. The van der Waals surface area contributed by atoms with Crippen LogP contribution in [0.15, 0.2) is 41.7 Å². The third kappa shape index (κ3) is 6.29. The smallest absolute Gasteiger partial charge is 0.193 e. The molecule has 0 radical (unpaired) electrons. The maximum absolute atomic E-state index is 6.06. The Morgan fingerprint density at radius 2 is 2.12 bits per heavy atom. The van der Waals surface area contributed by atoms with Crippen LogP contribution in [0.1, 0.15) is 17.2 Å². The molecule has 8 heteroatoms. The number of para-hydroxylation sites is 1. The largest absolute Gasteiger partial charge is 0.380 e. The molecule has 0 saturated heterocycles. The Bertz CT molecular complexity index is 685. The van der Waals surface area contributed by atoms with Crippen molar-refractivity contribution in [1.29, 1.82) is 0 Å². The highest BCUT2D eigenvalue weighted by Gasteiger charge is 2.15.